The summed E-state index contributed by atoms with van der Waals surface area (Å²) in [5.74, 6) is 0. The molecule has 18 heavy (non-hydrogen) atoms. The van der Waals surface area contributed by atoms with E-state index in [0.29, 0.717) is 0 Å². The lowest BCUT2D eigenvalue weighted by atomic mass is 9.89. The van der Waals surface area contributed by atoms with Gasteiger partial charge in [0.1, 0.15) is 0 Å². The Bertz CT molecular complexity index is 409. The fourth-order valence-electron chi connectivity index (χ4n) is 2.63. The van der Waals surface area contributed by atoms with Crippen molar-refractivity contribution in [3.63, 3.8) is 0 Å². The van der Waals surface area contributed by atoms with Crippen molar-refractivity contribution in [2.24, 2.45) is 0 Å². The summed E-state index contributed by atoms with van der Waals surface area (Å²) in [4.78, 5) is 0. The van der Waals surface area contributed by atoms with Gasteiger partial charge in [-0.05, 0) is 42.4 Å². The zero-order valence-electron chi connectivity index (χ0n) is 11.5. The van der Waals surface area contributed by atoms with Crippen LogP contribution in [-0.4, -0.2) is 0 Å². The molecular formula is C18H24. The van der Waals surface area contributed by atoms with Crippen LogP contribution >= 0.6 is 0 Å². The molecular weight excluding hydrogens is 216 g/mol. The van der Waals surface area contributed by atoms with E-state index in [2.05, 4.69) is 49.4 Å². The second-order valence-electron chi connectivity index (χ2n) is 5.10. The Kier molecular flexibility index (Phi) is 5.26. The van der Waals surface area contributed by atoms with E-state index in [1.165, 1.54) is 56.1 Å². The second kappa shape index (κ2) is 7.20. The molecule has 1 aliphatic rings. The topological polar surface area (TPSA) is 0 Å². The third-order valence-electron chi connectivity index (χ3n) is 3.64. The fraction of sp³-hybridized carbons (Fsp3) is 0.444. The van der Waals surface area contributed by atoms with Crippen molar-refractivity contribution < 1.29 is 0 Å². The lowest BCUT2D eigenvalue weighted by Crippen LogP contribution is -1.95. The summed E-state index contributed by atoms with van der Waals surface area (Å²) in [6.07, 6.45) is 13.9. The first-order chi connectivity index (χ1) is 8.92. The van der Waals surface area contributed by atoms with E-state index in [0.717, 1.165) is 0 Å². The van der Waals surface area contributed by atoms with Gasteiger partial charge in [0.15, 0.2) is 0 Å². The van der Waals surface area contributed by atoms with Crippen LogP contribution in [0.3, 0.4) is 0 Å². The monoisotopic (exact) mass is 240 g/mol. The van der Waals surface area contributed by atoms with Crippen molar-refractivity contribution in [2.45, 2.75) is 51.9 Å². The van der Waals surface area contributed by atoms with E-state index in [1.54, 1.807) is 5.57 Å². The van der Waals surface area contributed by atoms with Gasteiger partial charge in [0, 0.05) is 0 Å². The van der Waals surface area contributed by atoms with Gasteiger partial charge in [0.2, 0.25) is 0 Å². The quantitative estimate of drug-likeness (QED) is 0.554. The first-order valence-corrected chi connectivity index (χ1v) is 7.37. The number of benzene rings is 1. The molecule has 0 atom stereocenters. The number of rotatable bonds is 6. The number of unbranched alkanes of at least 4 members (excludes halogenated alkanes) is 3. The van der Waals surface area contributed by atoms with E-state index < -0.39 is 0 Å². The largest absolute Gasteiger partial charge is 0.0804 e. The van der Waals surface area contributed by atoms with E-state index in [1.807, 2.05) is 0 Å². The summed E-state index contributed by atoms with van der Waals surface area (Å²) >= 11 is 0. The molecule has 96 valence electrons. The molecule has 0 N–H and O–H groups in total. The molecule has 0 amide bonds. The molecule has 0 spiro atoms. The van der Waals surface area contributed by atoms with Crippen molar-refractivity contribution in [1.82, 2.24) is 0 Å². The molecule has 0 unspecified atom stereocenters. The van der Waals surface area contributed by atoms with Crippen LogP contribution in [0.2, 0.25) is 0 Å². The summed E-state index contributed by atoms with van der Waals surface area (Å²) in [6.45, 7) is 2.27. The standard InChI is InChI=1S/C18H24/c1-2-3-4-6-11-17-14-9-10-15-18(17)16-12-7-5-8-13-16/h5,7-8,12-15H,2-4,6,9-11H2,1H3. The van der Waals surface area contributed by atoms with Gasteiger partial charge >= 0.3 is 0 Å². The van der Waals surface area contributed by atoms with Gasteiger partial charge in [-0.1, -0.05) is 68.7 Å². The highest BCUT2D eigenvalue weighted by molar-refractivity contribution is 5.79. The van der Waals surface area contributed by atoms with Gasteiger partial charge < -0.3 is 0 Å². The Balaban J connectivity index is 2.00. The predicted molar refractivity (Wildman–Crippen MR) is 80.5 cm³/mol. The summed E-state index contributed by atoms with van der Waals surface area (Å²) in [6, 6.07) is 10.8. The normalized spacial score (nSPS) is 15.2. The Morgan fingerprint density at radius 3 is 2.44 bits per heavy atom. The summed E-state index contributed by atoms with van der Waals surface area (Å²) in [5, 5.41) is 0. The highest BCUT2D eigenvalue weighted by atomic mass is 14.1. The molecule has 0 bridgehead atoms. The highest BCUT2D eigenvalue weighted by Crippen LogP contribution is 2.31. The smallest absolute Gasteiger partial charge is 0.0185 e. The lowest BCUT2D eigenvalue weighted by Gasteiger charge is -2.16. The third kappa shape index (κ3) is 3.60. The summed E-state index contributed by atoms with van der Waals surface area (Å²) in [5.41, 5.74) is 4.45. The maximum absolute atomic E-state index is 2.45. The van der Waals surface area contributed by atoms with Gasteiger partial charge in [-0.3, -0.25) is 0 Å². The minimum Gasteiger partial charge on any atom is -0.0804 e. The molecule has 0 nitrogen and oxygen atoms in total. The molecule has 2 rings (SSSR count). The van der Waals surface area contributed by atoms with Crippen LogP contribution < -0.4 is 0 Å². The van der Waals surface area contributed by atoms with Crippen molar-refractivity contribution >= 4 is 5.57 Å². The molecule has 0 saturated carbocycles. The fourth-order valence-corrected chi connectivity index (χ4v) is 2.63. The number of hydrogen-bond acceptors (Lipinski definition) is 0. The highest BCUT2D eigenvalue weighted by Gasteiger charge is 2.10. The predicted octanol–water partition coefficient (Wildman–Crippen LogP) is 5.76. The van der Waals surface area contributed by atoms with Gasteiger partial charge in [0.25, 0.3) is 0 Å². The van der Waals surface area contributed by atoms with Gasteiger partial charge in [-0.2, -0.15) is 0 Å². The van der Waals surface area contributed by atoms with Crippen LogP contribution in [0.5, 0.6) is 0 Å². The average molecular weight is 240 g/mol. The molecule has 1 aromatic carbocycles. The van der Waals surface area contributed by atoms with Crippen molar-refractivity contribution in [3.05, 3.63) is 53.6 Å². The molecule has 0 aromatic heterocycles. The van der Waals surface area contributed by atoms with Crippen LogP contribution in [0.4, 0.5) is 0 Å². The lowest BCUT2D eigenvalue weighted by molar-refractivity contribution is 0.667. The molecule has 0 heterocycles. The van der Waals surface area contributed by atoms with Crippen LogP contribution in [0.1, 0.15) is 57.4 Å². The van der Waals surface area contributed by atoms with Gasteiger partial charge in [-0.15, -0.1) is 0 Å². The van der Waals surface area contributed by atoms with Gasteiger partial charge in [-0.25, -0.2) is 0 Å². The van der Waals surface area contributed by atoms with E-state index in [4.69, 9.17) is 0 Å². The molecule has 0 saturated heterocycles. The molecule has 1 aliphatic carbocycles. The van der Waals surface area contributed by atoms with Crippen LogP contribution in [0, 0.1) is 0 Å². The second-order valence-corrected chi connectivity index (χ2v) is 5.10. The Labute approximate surface area is 111 Å². The maximum atomic E-state index is 2.45. The average Bonchev–Trinajstić information content (AvgIpc) is 2.45. The molecule has 0 heteroatoms. The van der Waals surface area contributed by atoms with Gasteiger partial charge in [0.05, 0.1) is 0 Å². The Hall–Kier alpha value is -1.30. The number of allylic oxidation sites excluding steroid dienone is 4. The summed E-state index contributed by atoms with van der Waals surface area (Å²) in [7, 11) is 0. The van der Waals surface area contributed by atoms with Crippen molar-refractivity contribution in [2.75, 3.05) is 0 Å². The van der Waals surface area contributed by atoms with Crippen LogP contribution in [-0.2, 0) is 0 Å². The zero-order chi connectivity index (χ0) is 12.6. The maximum Gasteiger partial charge on any atom is -0.0185 e. The minimum absolute atomic E-state index is 1.20. The van der Waals surface area contributed by atoms with E-state index >= 15 is 0 Å². The van der Waals surface area contributed by atoms with Crippen molar-refractivity contribution in [3.8, 4) is 0 Å². The first kappa shape index (κ1) is 13.1. The molecule has 0 radical (unpaired) electrons. The zero-order valence-corrected chi connectivity index (χ0v) is 11.5. The molecule has 0 aliphatic heterocycles. The van der Waals surface area contributed by atoms with E-state index in [-0.39, 0.29) is 0 Å². The molecule has 0 fully saturated rings. The van der Waals surface area contributed by atoms with Crippen LogP contribution in [0.25, 0.3) is 5.57 Å². The first-order valence-electron chi connectivity index (χ1n) is 7.37. The number of hydrogen-bond donors (Lipinski definition) is 0. The Morgan fingerprint density at radius 1 is 0.889 bits per heavy atom. The Morgan fingerprint density at radius 2 is 1.67 bits per heavy atom. The minimum atomic E-state index is 1.20. The van der Waals surface area contributed by atoms with Crippen molar-refractivity contribution in [1.29, 1.82) is 0 Å². The summed E-state index contributed by atoms with van der Waals surface area (Å²) < 4.78 is 0. The van der Waals surface area contributed by atoms with E-state index in [9.17, 15) is 0 Å². The van der Waals surface area contributed by atoms with Crippen LogP contribution in [0.15, 0.2) is 48.1 Å². The third-order valence-corrected chi connectivity index (χ3v) is 3.64. The molecule has 1 aromatic rings. The SMILES string of the molecule is CCCCCCC1=CCCC=C1c1ccccc1.